The fourth-order valence-electron chi connectivity index (χ4n) is 3.02. The molecule has 1 aliphatic carbocycles. The van der Waals surface area contributed by atoms with Crippen molar-refractivity contribution in [3.05, 3.63) is 59.0 Å². The maximum atomic E-state index is 12.5. The van der Waals surface area contributed by atoms with Crippen molar-refractivity contribution >= 4 is 17.2 Å². The summed E-state index contributed by atoms with van der Waals surface area (Å²) in [5.41, 5.74) is 5.58. The van der Waals surface area contributed by atoms with Gasteiger partial charge in [-0.05, 0) is 55.5 Å². The van der Waals surface area contributed by atoms with Gasteiger partial charge in [0.15, 0.2) is 5.65 Å². The first-order valence-corrected chi connectivity index (χ1v) is 7.45. The van der Waals surface area contributed by atoms with E-state index in [0.717, 1.165) is 24.2 Å². The van der Waals surface area contributed by atoms with Gasteiger partial charge in [0.25, 0.3) is 5.91 Å². The molecule has 5 nitrogen and oxygen atoms in total. The first-order valence-electron chi connectivity index (χ1n) is 7.45. The Balaban J connectivity index is 1.65. The third-order valence-electron chi connectivity index (χ3n) is 4.19. The molecular weight excluding hydrogens is 276 g/mol. The number of benzene rings is 1. The Morgan fingerprint density at radius 2 is 2.09 bits per heavy atom. The fourth-order valence-corrected chi connectivity index (χ4v) is 3.02. The Morgan fingerprint density at radius 1 is 1.23 bits per heavy atom. The molecule has 0 radical (unpaired) electrons. The third-order valence-corrected chi connectivity index (χ3v) is 4.19. The molecule has 1 N–H and O–H groups in total. The standard InChI is InChI=1S/C17H16N4O/c1-11-7-8-18-16-15(10-19-21(11)16)17(22)20-14-6-5-12-3-2-4-13(12)9-14/h5-10H,2-4H2,1H3,(H,20,22). The third kappa shape index (κ3) is 2.06. The molecule has 0 saturated carbocycles. The zero-order chi connectivity index (χ0) is 15.1. The number of nitrogens with zero attached hydrogens (tertiary/aromatic N) is 3. The van der Waals surface area contributed by atoms with Crippen molar-refractivity contribution in [3.8, 4) is 0 Å². The lowest BCUT2D eigenvalue weighted by Crippen LogP contribution is -2.12. The average Bonchev–Trinajstić information content (AvgIpc) is 3.13. The van der Waals surface area contributed by atoms with Crippen molar-refractivity contribution in [2.45, 2.75) is 26.2 Å². The summed E-state index contributed by atoms with van der Waals surface area (Å²) in [6.07, 6.45) is 6.69. The molecule has 2 aromatic heterocycles. The van der Waals surface area contributed by atoms with Gasteiger partial charge in [-0.15, -0.1) is 0 Å². The molecule has 0 aliphatic heterocycles. The van der Waals surface area contributed by atoms with Crippen LogP contribution in [0.1, 0.15) is 33.6 Å². The Hall–Kier alpha value is -2.69. The van der Waals surface area contributed by atoms with E-state index in [1.165, 1.54) is 17.5 Å². The predicted molar refractivity (Wildman–Crippen MR) is 84.1 cm³/mol. The molecule has 4 rings (SSSR count). The van der Waals surface area contributed by atoms with Crippen LogP contribution in [0, 0.1) is 6.92 Å². The van der Waals surface area contributed by atoms with Crippen molar-refractivity contribution in [2.24, 2.45) is 0 Å². The Kier molecular flexibility index (Phi) is 2.92. The minimum atomic E-state index is -0.175. The van der Waals surface area contributed by atoms with Crippen LogP contribution in [0.25, 0.3) is 5.65 Å². The Morgan fingerprint density at radius 3 is 3.00 bits per heavy atom. The quantitative estimate of drug-likeness (QED) is 0.790. The Labute approximate surface area is 128 Å². The monoisotopic (exact) mass is 292 g/mol. The molecule has 0 atom stereocenters. The number of carbonyl (C=O) groups is 1. The van der Waals surface area contributed by atoms with Gasteiger partial charge >= 0.3 is 0 Å². The second-order valence-electron chi connectivity index (χ2n) is 5.67. The SMILES string of the molecule is Cc1ccnc2c(C(=O)Nc3ccc4c(c3)CCC4)cnn12. The molecule has 3 aromatic rings. The summed E-state index contributed by atoms with van der Waals surface area (Å²) < 4.78 is 1.68. The van der Waals surface area contributed by atoms with E-state index in [0.29, 0.717) is 11.2 Å². The number of amides is 1. The molecular formula is C17H16N4O. The normalized spacial score (nSPS) is 13.3. The maximum Gasteiger partial charge on any atom is 0.261 e. The molecule has 1 aromatic carbocycles. The number of nitrogens with one attached hydrogen (secondary N) is 1. The Bertz CT molecular complexity index is 881. The molecule has 0 unspecified atom stereocenters. The smallest absolute Gasteiger partial charge is 0.261 e. The number of rotatable bonds is 2. The van der Waals surface area contributed by atoms with Crippen LogP contribution < -0.4 is 5.32 Å². The summed E-state index contributed by atoms with van der Waals surface area (Å²) >= 11 is 0. The van der Waals surface area contributed by atoms with Gasteiger partial charge < -0.3 is 5.32 Å². The van der Waals surface area contributed by atoms with Crippen LogP contribution in [-0.4, -0.2) is 20.5 Å². The van der Waals surface area contributed by atoms with Crippen LogP contribution in [0.15, 0.2) is 36.7 Å². The largest absolute Gasteiger partial charge is 0.322 e. The number of aromatic nitrogens is 3. The van der Waals surface area contributed by atoms with Crippen LogP contribution in [-0.2, 0) is 12.8 Å². The van der Waals surface area contributed by atoms with Gasteiger partial charge in [-0.3, -0.25) is 4.79 Å². The van der Waals surface area contributed by atoms with E-state index < -0.39 is 0 Å². The topological polar surface area (TPSA) is 59.3 Å². The predicted octanol–water partition coefficient (Wildman–Crippen LogP) is 2.78. The zero-order valence-electron chi connectivity index (χ0n) is 12.3. The molecule has 0 spiro atoms. The zero-order valence-corrected chi connectivity index (χ0v) is 12.3. The number of carbonyl (C=O) groups excluding carboxylic acids is 1. The first kappa shape index (κ1) is 13.0. The van der Waals surface area contributed by atoms with Gasteiger partial charge in [0.2, 0.25) is 0 Å². The van der Waals surface area contributed by atoms with Crippen molar-refractivity contribution in [3.63, 3.8) is 0 Å². The van der Waals surface area contributed by atoms with Crippen molar-refractivity contribution in [1.29, 1.82) is 0 Å². The number of fused-ring (bicyclic) bond motifs is 2. The van der Waals surface area contributed by atoms with Gasteiger partial charge in [-0.1, -0.05) is 6.07 Å². The highest BCUT2D eigenvalue weighted by Crippen LogP contribution is 2.25. The van der Waals surface area contributed by atoms with E-state index in [1.807, 2.05) is 19.1 Å². The van der Waals surface area contributed by atoms with Crippen LogP contribution in [0.5, 0.6) is 0 Å². The lowest BCUT2D eigenvalue weighted by Gasteiger charge is -2.06. The van der Waals surface area contributed by atoms with Crippen molar-refractivity contribution < 1.29 is 4.79 Å². The summed E-state index contributed by atoms with van der Waals surface area (Å²) in [6, 6.07) is 8.01. The summed E-state index contributed by atoms with van der Waals surface area (Å²) in [5.74, 6) is -0.175. The summed E-state index contributed by atoms with van der Waals surface area (Å²) in [6.45, 7) is 1.93. The van der Waals surface area contributed by atoms with E-state index in [-0.39, 0.29) is 5.91 Å². The van der Waals surface area contributed by atoms with Gasteiger partial charge in [-0.2, -0.15) is 5.10 Å². The molecule has 1 aliphatic rings. The highest BCUT2D eigenvalue weighted by atomic mass is 16.1. The molecule has 22 heavy (non-hydrogen) atoms. The highest BCUT2D eigenvalue weighted by Gasteiger charge is 2.16. The molecule has 0 saturated heterocycles. The number of anilines is 1. The lowest BCUT2D eigenvalue weighted by molar-refractivity contribution is 0.102. The van der Waals surface area contributed by atoms with Gasteiger partial charge in [0.1, 0.15) is 5.56 Å². The molecule has 2 heterocycles. The second kappa shape index (κ2) is 4.94. The lowest BCUT2D eigenvalue weighted by atomic mass is 10.1. The minimum absolute atomic E-state index is 0.175. The highest BCUT2D eigenvalue weighted by molar-refractivity contribution is 6.08. The van der Waals surface area contributed by atoms with Crippen LogP contribution in [0.4, 0.5) is 5.69 Å². The summed E-state index contributed by atoms with van der Waals surface area (Å²) in [5, 5.41) is 7.19. The van der Waals surface area contributed by atoms with Gasteiger partial charge in [0, 0.05) is 17.6 Å². The van der Waals surface area contributed by atoms with Gasteiger partial charge in [0.05, 0.1) is 6.20 Å². The van der Waals surface area contributed by atoms with Crippen LogP contribution >= 0.6 is 0 Å². The van der Waals surface area contributed by atoms with Crippen LogP contribution in [0.2, 0.25) is 0 Å². The summed E-state index contributed by atoms with van der Waals surface area (Å²) in [7, 11) is 0. The van der Waals surface area contributed by atoms with E-state index in [9.17, 15) is 4.79 Å². The van der Waals surface area contributed by atoms with E-state index in [4.69, 9.17) is 0 Å². The molecule has 1 amide bonds. The minimum Gasteiger partial charge on any atom is -0.322 e. The summed E-state index contributed by atoms with van der Waals surface area (Å²) in [4.78, 5) is 16.8. The number of hydrogen-bond acceptors (Lipinski definition) is 3. The molecule has 0 fully saturated rings. The van der Waals surface area contributed by atoms with Crippen molar-refractivity contribution in [2.75, 3.05) is 5.32 Å². The first-order chi connectivity index (χ1) is 10.7. The fraction of sp³-hybridized carbons (Fsp3) is 0.235. The molecule has 0 bridgehead atoms. The van der Waals surface area contributed by atoms with E-state index in [1.54, 1.807) is 16.9 Å². The van der Waals surface area contributed by atoms with Crippen molar-refractivity contribution in [1.82, 2.24) is 14.6 Å². The average molecular weight is 292 g/mol. The maximum absolute atomic E-state index is 12.5. The van der Waals surface area contributed by atoms with Gasteiger partial charge in [-0.25, -0.2) is 9.50 Å². The molecule has 110 valence electrons. The number of hydrogen-bond donors (Lipinski definition) is 1. The van der Waals surface area contributed by atoms with Crippen LogP contribution in [0.3, 0.4) is 0 Å². The molecule has 5 heteroatoms. The second-order valence-corrected chi connectivity index (χ2v) is 5.67. The number of aryl methyl sites for hydroxylation is 3. The van der Waals surface area contributed by atoms with E-state index in [2.05, 4.69) is 27.5 Å². The van der Waals surface area contributed by atoms with E-state index >= 15 is 0 Å².